The molecule has 1 unspecified atom stereocenters. The highest BCUT2D eigenvalue weighted by molar-refractivity contribution is 5.94. The van der Waals surface area contributed by atoms with E-state index in [2.05, 4.69) is 10.3 Å². The molecule has 0 spiro atoms. The summed E-state index contributed by atoms with van der Waals surface area (Å²) >= 11 is 0. The number of aliphatic hydroxyl groups excluding tert-OH is 1. The van der Waals surface area contributed by atoms with Crippen molar-refractivity contribution in [3.05, 3.63) is 29.8 Å². The van der Waals surface area contributed by atoms with Crippen LogP contribution in [0.25, 0.3) is 0 Å². The number of halogens is 1. The van der Waals surface area contributed by atoms with E-state index in [-0.39, 0.29) is 24.1 Å². The van der Waals surface area contributed by atoms with Gasteiger partial charge in [-0.3, -0.25) is 4.79 Å². The molecule has 92 valence electrons. The first-order chi connectivity index (χ1) is 8.20. The molecule has 1 fully saturated rings. The number of nitrogens with zero attached hydrogens (tertiary/aromatic N) is 1. The molecule has 1 amide bonds. The van der Waals surface area contributed by atoms with Crippen LogP contribution in [-0.2, 0) is 0 Å². The Hall–Kier alpha value is -1.49. The Morgan fingerprint density at radius 1 is 1.65 bits per heavy atom. The Kier molecular flexibility index (Phi) is 3.68. The van der Waals surface area contributed by atoms with Gasteiger partial charge in [0.2, 0.25) is 5.95 Å². The Morgan fingerprint density at radius 2 is 2.41 bits per heavy atom. The number of amides is 1. The van der Waals surface area contributed by atoms with Crippen LogP contribution in [-0.4, -0.2) is 28.6 Å². The molecule has 2 N–H and O–H groups in total. The van der Waals surface area contributed by atoms with Crippen LogP contribution in [0.4, 0.5) is 4.39 Å². The van der Waals surface area contributed by atoms with E-state index in [4.69, 9.17) is 5.11 Å². The van der Waals surface area contributed by atoms with Gasteiger partial charge in [0.1, 0.15) is 0 Å². The smallest absolute Gasteiger partial charge is 0.251 e. The molecule has 1 aliphatic carbocycles. The number of carbonyl (C=O) groups is 1. The van der Waals surface area contributed by atoms with Crippen LogP contribution in [0.1, 0.15) is 29.6 Å². The highest BCUT2D eigenvalue weighted by Crippen LogP contribution is 2.34. The van der Waals surface area contributed by atoms with Crippen molar-refractivity contribution in [3.63, 3.8) is 0 Å². The molecular formula is C12H15FN2O2. The van der Waals surface area contributed by atoms with Gasteiger partial charge in [0.15, 0.2) is 0 Å². The molecule has 0 saturated heterocycles. The normalized spacial score (nSPS) is 16.6. The van der Waals surface area contributed by atoms with Crippen LogP contribution in [0, 0.1) is 11.9 Å². The lowest BCUT2D eigenvalue weighted by Gasteiger charge is -2.16. The summed E-state index contributed by atoms with van der Waals surface area (Å²) in [6.07, 6.45) is 3.97. The number of hydrogen-bond acceptors (Lipinski definition) is 3. The zero-order valence-corrected chi connectivity index (χ0v) is 9.40. The average Bonchev–Trinajstić information content (AvgIpc) is 3.12. The Labute approximate surface area is 98.9 Å². The fourth-order valence-electron chi connectivity index (χ4n) is 1.86. The SMILES string of the molecule is O=C(NC(CCO)C1CC1)c1ccnc(F)c1. The average molecular weight is 238 g/mol. The summed E-state index contributed by atoms with van der Waals surface area (Å²) in [7, 11) is 0. The summed E-state index contributed by atoms with van der Waals surface area (Å²) in [6.45, 7) is 0.0478. The van der Waals surface area contributed by atoms with Crippen LogP contribution in [0.3, 0.4) is 0 Å². The molecule has 1 aromatic heterocycles. The van der Waals surface area contributed by atoms with E-state index < -0.39 is 5.95 Å². The minimum absolute atomic E-state index is 0.0104. The number of rotatable bonds is 5. The lowest BCUT2D eigenvalue weighted by atomic mass is 10.1. The van der Waals surface area contributed by atoms with Crippen LogP contribution in [0.5, 0.6) is 0 Å². The van der Waals surface area contributed by atoms with Crippen molar-refractivity contribution in [3.8, 4) is 0 Å². The minimum Gasteiger partial charge on any atom is -0.396 e. The van der Waals surface area contributed by atoms with Crippen LogP contribution in [0.2, 0.25) is 0 Å². The van der Waals surface area contributed by atoms with Gasteiger partial charge in [0, 0.05) is 30.5 Å². The van der Waals surface area contributed by atoms with Crippen molar-refractivity contribution in [2.75, 3.05) is 6.61 Å². The van der Waals surface area contributed by atoms with Crippen LogP contribution < -0.4 is 5.32 Å². The van der Waals surface area contributed by atoms with Crippen molar-refractivity contribution in [1.29, 1.82) is 0 Å². The summed E-state index contributed by atoms with van der Waals surface area (Å²) < 4.78 is 12.9. The van der Waals surface area contributed by atoms with Gasteiger partial charge in [-0.2, -0.15) is 4.39 Å². The Morgan fingerprint density at radius 3 is 3.00 bits per heavy atom. The van der Waals surface area contributed by atoms with Crippen molar-refractivity contribution < 1.29 is 14.3 Å². The third-order valence-electron chi connectivity index (χ3n) is 2.94. The van der Waals surface area contributed by atoms with Crippen molar-refractivity contribution in [2.24, 2.45) is 5.92 Å². The number of aliphatic hydroxyl groups is 1. The molecule has 0 aliphatic heterocycles. The largest absolute Gasteiger partial charge is 0.396 e. The van der Waals surface area contributed by atoms with Crippen LogP contribution in [0.15, 0.2) is 18.3 Å². The second-order valence-electron chi connectivity index (χ2n) is 4.30. The minimum atomic E-state index is -0.664. The topological polar surface area (TPSA) is 62.2 Å². The number of aromatic nitrogens is 1. The molecule has 1 aliphatic rings. The standard InChI is InChI=1S/C12H15FN2O2/c13-11-7-9(3-5-14-11)12(17)15-10(4-6-16)8-1-2-8/h3,5,7-8,10,16H,1-2,4,6H2,(H,15,17). The summed E-state index contributed by atoms with van der Waals surface area (Å²) in [5, 5.41) is 11.7. The molecule has 1 heterocycles. The van der Waals surface area contributed by atoms with Gasteiger partial charge < -0.3 is 10.4 Å². The van der Waals surface area contributed by atoms with Gasteiger partial charge in [-0.25, -0.2) is 4.98 Å². The van der Waals surface area contributed by atoms with Gasteiger partial charge >= 0.3 is 0 Å². The predicted octanol–water partition coefficient (Wildman–Crippen LogP) is 1.11. The molecule has 1 saturated carbocycles. The van der Waals surface area contributed by atoms with Gasteiger partial charge in [-0.05, 0) is 31.2 Å². The molecule has 2 rings (SSSR count). The molecule has 0 bridgehead atoms. The van der Waals surface area contributed by atoms with E-state index in [0.717, 1.165) is 18.9 Å². The number of pyridine rings is 1. The van der Waals surface area contributed by atoms with E-state index in [9.17, 15) is 9.18 Å². The molecule has 5 heteroatoms. The van der Waals surface area contributed by atoms with E-state index in [1.807, 2.05) is 0 Å². The molecule has 0 radical (unpaired) electrons. The zero-order chi connectivity index (χ0) is 12.3. The fraction of sp³-hybridized carbons (Fsp3) is 0.500. The second kappa shape index (κ2) is 5.23. The number of carbonyl (C=O) groups excluding carboxylic acids is 1. The maximum absolute atomic E-state index is 12.9. The van der Waals surface area contributed by atoms with Gasteiger partial charge in [0.25, 0.3) is 5.91 Å². The molecule has 17 heavy (non-hydrogen) atoms. The third-order valence-corrected chi connectivity index (χ3v) is 2.94. The van der Waals surface area contributed by atoms with Crippen molar-refractivity contribution in [1.82, 2.24) is 10.3 Å². The lowest BCUT2D eigenvalue weighted by Crippen LogP contribution is -2.37. The summed E-state index contributed by atoms with van der Waals surface area (Å²) in [5.74, 6) is -0.516. The Balaban J connectivity index is 1.99. The first-order valence-electron chi connectivity index (χ1n) is 5.74. The first kappa shape index (κ1) is 12.0. The highest BCUT2D eigenvalue weighted by atomic mass is 19.1. The van der Waals surface area contributed by atoms with Crippen molar-refractivity contribution in [2.45, 2.75) is 25.3 Å². The van der Waals surface area contributed by atoms with E-state index in [1.54, 1.807) is 0 Å². The van der Waals surface area contributed by atoms with E-state index >= 15 is 0 Å². The third kappa shape index (κ3) is 3.23. The number of hydrogen-bond donors (Lipinski definition) is 2. The molecular weight excluding hydrogens is 223 g/mol. The van der Waals surface area contributed by atoms with Gasteiger partial charge in [0.05, 0.1) is 0 Å². The van der Waals surface area contributed by atoms with E-state index in [0.29, 0.717) is 12.3 Å². The van der Waals surface area contributed by atoms with Gasteiger partial charge in [-0.1, -0.05) is 0 Å². The lowest BCUT2D eigenvalue weighted by molar-refractivity contribution is 0.0923. The van der Waals surface area contributed by atoms with Crippen molar-refractivity contribution >= 4 is 5.91 Å². The monoisotopic (exact) mass is 238 g/mol. The quantitative estimate of drug-likeness (QED) is 0.755. The first-order valence-corrected chi connectivity index (χ1v) is 5.74. The van der Waals surface area contributed by atoms with Gasteiger partial charge in [-0.15, -0.1) is 0 Å². The number of nitrogens with one attached hydrogen (secondary N) is 1. The maximum Gasteiger partial charge on any atom is 0.251 e. The predicted molar refractivity (Wildman–Crippen MR) is 59.9 cm³/mol. The molecule has 4 nitrogen and oxygen atoms in total. The fourth-order valence-corrected chi connectivity index (χ4v) is 1.86. The zero-order valence-electron chi connectivity index (χ0n) is 9.40. The molecule has 0 aromatic carbocycles. The summed E-state index contributed by atoms with van der Waals surface area (Å²) in [6, 6.07) is 2.57. The molecule has 1 atom stereocenters. The Bertz CT molecular complexity index is 407. The van der Waals surface area contributed by atoms with Crippen LogP contribution >= 0.6 is 0 Å². The highest BCUT2D eigenvalue weighted by Gasteiger charge is 2.31. The van der Waals surface area contributed by atoms with E-state index in [1.165, 1.54) is 12.3 Å². The second-order valence-corrected chi connectivity index (χ2v) is 4.30. The summed E-state index contributed by atoms with van der Waals surface area (Å²) in [5.41, 5.74) is 0.265. The molecule has 1 aromatic rings. The maximum atomic E-state index is 12.9. The summed E-state index contributed by atoms with van der Waals surface area (Å²) in [4.78, 5) is 15.2.